The van der Waals surface area contributed by atoms with Crippen LogP contribution in [0.15, 0.2) is 71.7 Å². The number of H-pyrrole nitrogens is 1. The smallest absolute Gasteiger partial charge is 0.257 e. The lowest BCUT2D eigenvalue weighted by Gasteiger charge is -2.06. The molecule has 128 valence electrons. The number of hydrogen-bond acceptors (Lipinski definition) is 4. The third-order valence-corrected chi connectivity index (χ3v) is 4.99. The number of anilines is 1. The van der Waals surface area contributed by atoms with Gasteiger partial charge in [-0.3, -0.25) is 9.59 Å². The molecule has 0 bridgehead atoms. The van der Waals surface area contributed by atoms with Gasteiger partial charge in [-0.05, 0) is 35.9 Å². The summed E-state index contributed by atoms with van der Waals surface area (Å²) in [4.78, 5) is 30.4. The van der Waals surface area contributed by atoms with E-state index in [0.717, 1.165) is 22.5 Å². The predicted octanol–water partition coefficient (Wildman–Crippen LogP) is 3.83. The molecular formula is C20H15N3O2S. The maximum absolute atomic E-state index is 12.2. The van der Waals surface area contributed by atoms with Crippen molar-refractivity contribution in [3.05, 3.63) is 93.3 Å². The monoisotopic (exact) mass is 361 g/mol. The quantitative estimate of drug-likeness (QED) is 0.580. The second-order valence-corrected chi connectivity index (χ2v) is 6.96. The third kappa shape index (κ3) is 3.55. The average Bonchev–Trinajstić information content (AvgIpc) is 3.06. The van der Waals surface area contributed by atoms with Crippen LogP contribution >= 0.6 is 11.3 Å². The van der Waals surface area contributed by atoms with E-state index < -0.39 is 0 Å². The number of aromatic nitrogens is 2. The van der Waals surface area contributed by atoms with Gasteiger partial charge in [-0.25, -0.2) is 4.98 Å². The zero-order valence-corrected chi connectivity index (χ0v) is 14.5. The molecule has 2 N–H and O–H groups in total. The molecule has 2 aromatic heterocycles. The molecule has 4 aromatic rings. The van der Waals surface area contributed by atoms with Crippen LogP contribution in [0.4, 0.5) is 5.69 Å². The lowest BCUT2D eigenvalue weighted by molar-refractivity contribution is 0.102. The molecule has 0 unspecified atom stereocenters. The molecule has 26 heavy (non-hydrogen) atoms. The van der Waals surface area contributed by atoms with Gasteiger partial charge >= 0.3 is 0 Å². The van der Waals surface area contributed by atoms with E-state index in [2.05, 4.69) is 21.4 Å². The maximum Gasteiger partial charge on any atom is 0.257 e. The van der Waals surface area contributed by atoms with Crippen molar-refractivity contribution in [3.8, 4) is 0 Å². The fraction of sp³-hybridized carbons (Fsp3) is 0.0500. The standard InChI is InChI=1S/C20H15N3O2S/c24-18-10-7-14(12-21-18)20(25)22-15-8-5-13(6-9-15)11-19-23-16-3-1-2-4-17(16)26-19/h1-10,12H,11H2,(H,21,24)(H,22,25). The number of rotatable bonds is 4. The summed E-state index contributed by atoms with van der Waals surface area (Å²) in [5.74, 6) is -0.264. The van der Waals surface area contributed by atoms with Gasteiger partial charge in [0.05, 0.1) is 20.8 Å². The summed E-state index contributed by atoms with van der Waals surface area (Å²) in [7, 11) is 0. The maximum atomic E-state index is 12.2. The van der Waals surface area contributed by atoms with Crippen molar-refractivity contribution in [3.63, 3.8) is 0 Å². The van der Waals surface area contributed by atoms with Gasteiger partial charge in [-0.1, -0.05) is 24.3 Å². The molecule has 0 aliphatic rings. The summed E-state index contributed by atoms with van der Waals surface area (Å²) < 4.78 is 1.19. The third-order valence-electron chi connectivity index (χ3n) is 3.95. The molecule has 1 amide bonds. The van der Waals surface area contributed by atoms with Gasteiger partial charge in [0, 0.05) is 24.4 Å². The fourth-order valence-corrected chi connectivity index (χ4v) is 3.63. The molecule has 0 fully saturated rings. The van der Waals surface area contributed by atoms with E-state index in [1.807, 2.05) is 42.5 Å². The number of hydrogen-bond donors (Lipinski definition) is 2. The first-order valence-corrected chi connectivity index (χ1v) is 8.92. The van der Waals surface area contributed by atoms with Crippen LogP contribution in [0.25, 0.3) is 10.2 Å². The van der Waals surface area contributed by atoms with Crippen molar-refractivity contribution in [1.82, 2.24) is 9.97 Å². The van der Waals surface area contributed by atoms with Crippen LogP contribution < -0.4 is 10.9 Å². The largest absolute Gasteiger partial charge is 0.328 e. The number of fused-ring (bicyclic) bond motifs is 1. The van der Waals surface area contributed by atoms with Crippen molar-refractivity contribution < 1.29 is 4.79 Å². The molecule has 0 aliphatic carbocycles. The minimum Gasteiger partial charge on any atom is -0.328 e. The SMILES string of the molecule is O=C(Nc1ccc(Cc2nc3ccccc3s2)cc1)c1ccc(=O)[nH]c1. The van der Waals surface area contributed by atoms with Crippen LogP contribution in [0, 0.1) is 0 Å². The summed E-state index contributed by atoms with van der Waals surface area (Å²) in [6, 6.07) is 18.6. The van der Waals surface area contributed by atoms with E-state index in [9.17, 15) is 9.59 Å². The van der Waals surface area contributed by atoms with E-state index in [1.165, 1.54) is 23.0 Å². The van der Waals surface area contributed by atoms with Gasteiger partial charge in [0.1, 0.15) is 0 Å². The Morgan fingerprint density at radius 3 is 2.58 bits per heavy atom. The van der Waals surface area contributed by atoms with E-state index in [1.54, 1.807) is 11.3 Å². The molecule has 2 aromatic carbocycles. The van der Waals surface area contributed by atoms with Crippen LogP contribution in [0.1, 0.15) is 20.9 Å². The molecule has 0 saturated heterocycles. The zero-order valence-electron chi connectivity index (χ0n) is 13.7. The first-order chi connectivity index (χ1) is 12.7. The number of carbonyl (C=O) groups excluding carboxylic acids is 1. The summed E-state index contributed by atoms with van der Waals surface area (Å²) in [6.45, 7) is 0. The van der Waals surface area contributed by atoms with Crippen molar-refractivity contribution in [2.45, 2.75) is 6.42 Å². The Bertz CT molecular complexity index is 1080. The van der Waals surface area contributed by atoms with E-state index in [4.69, 9.17) is 0 Å². The first kappa shape index (κ1) is 16.2. The number of amides is 1. The summed E-state index contributed by atoms with van der Waals surface area (Å²) in [5, 5.41) is 3.88. The Morgan fingerprint density at radius 1 is 1.04 bits per heavy atom. The van der Waals surface area contributed by atoms with Gasteiger partial charge in [-0.2, -0.15) is 0 Å². The van der Waals surface area contributed by atoms with E-state index in [-0.39, 0.29) is 11.5 Å². The number of pyridine rings is 1. The molecule has 0 radical (unpaired) electrons. The number of nitrogens with one attached hydrogen (secondary N) is 2. The average molecular weight is 361 g/mol. The lowest BCUT2D eigenvalue weighted by atomic mass is 10.1. The van der Waals surface area contributed by atoms with Gasteiger partial charge in [-0.15, -0.1) is 11.3 Å². The number of benzene rings is 2. The molecule has 2 heterocycles. The van der Waals surface area contributed by atoms with Gasteiger partial charge in [0.2, 0.25) is 5.56 Å². The Kier molecular flexibility index (Phi) is 4.33. The first-order valence-electron chi connectivity index (χ1n) is 8.11. The Hall–Kier alpha value is -3.25. The molecule has 4 rings (SSSR count). The van der Waals surface area contributed by atoms with Crippen molar-refractivity contribution in [2.75, 3.05) is 5.32 Å². The van der Waals surface area contributed by atoms with Crippen LogP contribution in [0.3, 0.4) is 0 Å². The number of carbonyl (C=O) groups is 1. The molecule has 0 aliphatic heterocycles. The van der Waals surface area contributed by atoms with Crippen molar-refractivity contribution >= 4 is 33.1 Å². The number of aromatic amines is 1. The normalized spacial score (nSPS) is 10.8. The minimum absolute atomic E-state index is 0.235. The molecule has 0 atom stereocenters. The van der Waals surface area contributed by atoms with E-state index in [0.29, 0.717) is 11.3 Å². The predicted molar refractivity (Wildman–Crippen MR) is 104 cm³/mol. The second kappa shape index (κ2) is 6.93. The van der Waals surface area contributed by atoms with Crippen LogP contribution in [-0.4, -0.2) is 15.9 Å². The molecule has 6 heteroatoms. The summed E-state index contributed by atoms with van der Waals surface area (Å²) in [6.07, 6.45) is 2.16. The fourth-order valence-electron chi connectivity index (χ4n) is 2.63. The van der Waals surface area contributed by atoms with E-state index >= 15 is 0 Å². The van der Waals surface area contributed by atoms with Crippen LogP contribution in [0.2, 0.25) is 0 Å². The Morgan fingerprint density at radius 2 is 1.85 bits per heavy atom. The number of nitrogens with zero attached hydrogens (tertiary/aromatic N) is 1. The van der Waals surface area contributed by atoms with Crippen molar-refractivity contribution in [1.29, 1.82) is 0 Å². The van der Waals surface area contributed by atoms with Crippen LogP contribution in [-0.2, 0) is 6.42 Å². The highest BCUT2D eigenvalue weighted by atomic mass is 32.1. The number of para-hydroxylation sites is 1. The van der Waals surface area contributed by atoms with Gasteiger partial charge in [0.25, 0.3) is 5.91 Å². The highest BCUT2D eigenvalue weighted by Crippen LogP contribution is 2.24. The second-order valence-electron chi connectivity index (χ2n) is 5.84. The molecule has 0 spiro atoms. The van der Waals surface area contributed by atoms with Crippen molar-refractivity contribution in [2.24, 2.45) is 0 Å². The topological polar surface area (TPSA) is 74.8 Å². The highest BCUT2D eigenvalue weighted by molar-refractivity contribution is 7.18. The molecular weight excluding hydrogens is 346 g/mol. The highest BCUT2D eigenvalue weighted by Gasteiger charge is 2.07. The lowest BCUT2D eigenvalue weighted by Crippen LogP contribution is -2.14. The Labute approximate surface area is 153 Å². The Balaban J connectivity index is 1.45. The molecule has 0 saturated carbocycles. The molecule has 5 nitrogen and oxygen atoms in total. The van der Waals surface area contributed by atoms with Gasteiger partial charge in [0.15, 0.2) is 0 Å². The number of thiazole rings is 1. The summed E-state index contributed by atoms with van der Waals surface area (Å²) >= 11 is 1.70. The minimum atomic E-state index is -0.264. The summed E-state index contributed by atoms with van der Waals surface area (Å²) in [5.41, 5.74) is 3.03. The van der Waals surface area contributed by atoms with Crippen LogP contribution in [0.5, 0.6) is 0 Å². The zero-order chi connectivity index (χ0) is 17.9. The van der Waals surface area contributed by atoms with Gasteiger partial charge < -0.3 is 10.3 Å².